The maximum Gasteiger partial charge on any atom is 0.163 e. The lowest BCUT2D eigenvalue weighted by atomic mass is 9.94. The number of aromatic nitrogens is 4. The van der Waals surface area contributed by atoms with Crippen LogP contribution < -0.4 is 5.73 Å². The molecule has 0 saturated heterocycles. The van der Waals surface area contributed by atoms with Gasteiger partial charge < -0.3 is 5.73 Å². The van der Waals surface area contributed by atoms with E-state index < -0.39 is 0 Å². The third-order valence-corrected chi connectivity index (χ3v) is 3.62. The zero-order valence-corrected chi connectivity index (χ0v) is 10.1. The van der Waals surface area contributed by atoms with Crippen molar-refractivity contribution in [1.29, 1.82) is 0 Å². The third kappa shape index (κ3) is 1.91. The van der Waals surface area contributed by atoms with E-state index in [-0.39, 0.29) is 5.54 Å². The van der Waals surface area contributed by atoms with Gasteiger partial charge in [-0.3, -0.25) is 4.40 Å². The Morgan fingerprint density at radius 3 is 2.88 bits per heavy atom. The second kappa shape index (κ2) is 3.77. The molecule has 0 amide bonds. The predicted molar refractivity (Wildman–Crippen MR) is 64.6 cm³/mol. The molecule has 0 spiro atoms. The lowest BCUT2D eigenvalue weighted by Gasteiger charge is -2.21. The van der Waals surface area contributed by atoms with E-state index in [1.807, 2.05) is 17.4 Å². The van der Waals surface area contributed by atoms with Crippen LogP contribution in [-0.2, 0) is 6.42 Å². The van der Waals surface area contributed by atoms with Crippen molar-refractivity contribution < 1.29 is 0 Å². The molecule has 0 atom stereocenters. The van der Waals surface area contributed by atoms with Gasteiger partial charge in [0.25, 0.3) is 0 Å². The Bertz CT molecular complexity index is 539. The van der Waals surface area contributed by atoms with E-state index >= 15 is 0 Å². The van der Waals surface area contributed by atoms with Crippen LogP contribution in [0.15, 0.2) is 12.4 Å². The maximum atomic E-state index is 6.37. The third-order valence-electron chi connectivity index (χ3n) is 3.62. The van der Waals surface area contributed by atoms with Crippen molar-refractivity contribution in [2.24, 2.45) is 5.73 Å². The minimum absolute atomic E-state index is 0.0894. The standard InChI is InChI=1S/C12H17N5/c1-9-6-10-15-16-11(17(10)8-14-9)7-12(13)4-2-3-5-12/h6,8H,2-5,7,13H2,1H3. The molecule has 3 rings (SSSR count). The highest BCUT2D eigenvalue weighted by atomic mass is 15.3. The molecule has 1 aliphatic rings. The first-order valence-electron chi connectivity index (χ1n) is 6.11. The van der Waals surface area contributed by atoms with Crippen molar-refractivity contribution >= 4 is 5.65 Å². The van der Waals surface area contributed by atoms with Crippen LogP contribution in [0.2, 0.25) is 0 Å². The van der Waals surface area contributed by atoms with Crippen molar-refractivity contribution in [2.75, 3.05) is 0 Å². The van der Waals surface area contributed by atoms with E-state index in [0.717, 1.165) is 36.4 Å². The van der Waals surface area contributed by atoms with E-state index in [0.29, 0.717) is 0 Å². The summed E-state index contributed by atoms with van der Waals surface area (Å²) in [5.41, 5.74) is 8.09. The molecule has 1 fully saturated rings. The quantitative estimate of drug-likeness (QED) is 0.844. The molecule has 0 aromatic carbocycles. The highest BCUT2D eigenvalue weighted by Crippen LogP contribution is 2.29. The van der Waals surface area contributed by atoms with Crippen molar-refractivity contribution in [3.05, 3.63) is 23.9 Å². The Balaban J connectivity index is 1.95. The topological polar surface area (TPSA) is 69.1 Å². The summed E-state index contributed by atoms with van der Waals surface area (Å²) in [4.78, 5) is 4.28. The first-order chi connectivity index (χ1) is 8.16. The van der Waals surface area contributed by atoms with Crippen LogP contribution in [0.1, 0.15) is 37.2 Å². The molecule has 0 radical (unpaired) electrons. The number of fused-ring (bicyclic) bond motifs is 1. The van der Waals surface area contributed by atoms with E-state index in [2.05, 4.69) is 15.2 Å². The van der Waals surface area contributed by atoms with Crippen molar-refractivity contribution in [3.8, 4) is 0 Å². The van der Waals surface area contributed by atoms with E-state index in [4.69, 9.17) is 5.73 Å². The molecule has 0 unspecified atom stereocenters. The number of rotatable bonds is 2. The van der Waals surface area contributed by atoms with Gasteiger partial charge in [0.15, 0.2) is 5.65 Å². The predicted octanol–water partition coefficient (Wildman–Crippen LogP) is 1.25. The van der Waals surface area contributed by atoms with E-state index in [1.54, 1.807) is 6.33 Å². The SMILES string of the molecule is Cc1cc2nnc(CC3(N)CCCC3)n2cn1. The smallest absolute Gasteiger partial charge is 0.163 e. The zero-order chi connectivity index (χ0) is 11.9. The maximum absolute atomic E-state index is 6.37. The summed E-state index contributed by atoms with van der Waals surface area (Å²) in [6.07, 6.45) is 7.20. The summed E-state index contributed by atoms with van der Waals surface area (Å²) in [5.74, 6) is 0.928. The van der Waals surface area contributed by atoms with Gasteiger partial charge in [0, 0.05) is 23.7 Å². The lowest BCUT2D eigenvalue weighted by Crippen LogP contribution is -2.39. The molecular weight excluding hydrogens is 214 g/mol. The number of aryl methyl sites for hydroxylation is 1. The van der Waals surface area contributed by atoms with Crippen LogP contribution >= 0.6 is 0 Å². The summed E-state index contributed by atoms with van der Waals surface area (Å²) >= 11 is 0. The second-order valence-corrected chi connectivity index (χ2v) is 5.12. The molecule has 90 valence electrons. The van der Waals surface area contributed by atoms with Crippen LogP contribution in [-0.4, -0.2) is 25.1 Å². The molecule has 5 heteroatoms. The Morgan fingerprint density at radius 2 is 2.12 bits per heavy atom. The molecule has 17 heavy (non-hydrogen) atoms. The summed E-state index contributed by atoms with van der Waals surface area (Å²) in [7, 11) is 0. The number of nitrogens with two attached hydrogens (primary N) is 1. The van der Waals surface area contributed by atoms with Gasteiger partial charge in [-0.05, 0) is 19.8 Å². The molecule has 2 N–H and O–H groups in total. The van der Waals surface area contributed by atoms with Crippen LogP contribution in [0.3, 0.4) is 0 Å². The van der Waals surface area contributed by atoms with Crippen molar-refractivity contribution in [3.63, 3.8) is 0 Å². The average Bonchev–Trinajstić information content (AvgIpc) is 2.87. The van der Waals surface area contributed by atoms with Crippen molar-refractivity contribution in [2.45, 2.75) is 44.6 Å². The average molecular weight is 231 g/mol. The minimum atomic E-state index is -0.0894. The van der Waals surface area contributed by atoms with Crippen LogP contribution in [0, 0.1) is 6.92 Å². The molecule has 2 heterocycles. The Hall–Kier alpha value is -1.49. The molecule has 0 aliphatic heterocycles. The minimum Gasteiger partial charge on any atom is -0.325 e. The van der Waals surface area contributed by atoms with Gasteiger partial charge in [-0.1, -0.05) is 12.8 Å². The highest BCUT2D eigenvalue weighted by Gasteiger charge is 2.31. The molecule has 1 aliphatic carbocycles. The fourth-order valence-electron chi connectivity index (χ4n) is 2.63. The fraction of sp³-hybridized carbons (Fsp3) is 0.583. The Morgan fingerprint density at radius 1 is 1.35 bits per heavy atom. The summed E-state index contributed by atoms with van der Waals surface area (Å²) in [5, 5.41) is 8.41. The van der Waals surface area contributed by atoms with E-state index in [1.165, 1.54) is 12.8 Å². The molecule has 2 aromatic heterocycles. The Kier molecular flexibility index (Phi) is 2.36. The van der Waals surface area contributed by atoms with Gasteiger partial charge in [-0.25, -0.2) is 4.98 Å². The normalized spacial score (nSPS) is 18.9. The second-order valence-electron chi connectivity index (χ2n) is 5.12. The fourth-order valence-corrected chi connectivity index (χ4v) is 2.63. The molecule has 5 nitrogen and oxygen atoms in total. The summed E-state index contributed by atoms with van der Waals surface area (Å²) in [6.45, 7) is 1.95. The molecule has 2 aromatic rings. The number of hydrogen-bond acceptors (Lipinski definition) is 4. The number of nitrogens with zero attached hydrogens (tertiary/aromatic N) is 4. The molecule has 1 saturated carbocycles. The molecule has 0 bridgehead atoms. The van der Waals surface area contributed by atoms with Crippen molar-refractivity contribution in [1.82, 2.24) is 19.6 Å². The van der Waals surface area contributed by atoms with Gasteiger partial charge >= 0.3 is 0 Å². The van der Waals surface area contributed by atoms with Crippen LogP contribution in [0.25, 0.3) is 5.65 Å². The first-order valence-corrected chi connectivity index (χ1v) is 6.11. The van der Waals surface area contributed by atoms with Crippen LogP contribution in [0.4, 0.5) is 0 Å². The number of hydrogen-bond donors (Lipinski definition) is 1. The van der Waals surface area contributed by atoms with Gasteiger partial charge in [0.05, 0.1) is 0 Å². The molecular formula is C12H17N5. The summed E-state index contributed by atoms with van der Waals surface area (Å²) < 4.78 is 1.94. The van der Waals surface area contributed by atoms with Gasteiger partial charge in [0.2, 0.25) is 0 Å². The lowest BCUT2D eigenvalue weighted by molar-refractivity contribution is 0.424. The monoisotopic (exact) mass is 231 g/mol. The van der Waals surface area contributed by atoms with Gasteiger partial charge in [-0.2, -0.15) is 0 Å². The van der Waals surface area contributed by atoms with Gasteiger partial charge in [0.1, 0.15) is 12.2 Å². The first kappa shape index (κ1) is 10.7. The summed E-state index contributed by atoms with van der Waals surface area (Å²) in [6, 6.07) is 1.94. The van der Waals surface area contributed by atoms with Crippen LogP contribution in [0.5, 0.6) is 0 Å². The highest BCUT2D eigenvalue weighted by molar-refractivity contribution is 5.38. The Labute approximate surface area is 100 Å². The van der Waals surface area contributed by atoms with E-state index in [9.17, 15) is 0 Å². The largest absolute Gasteiger partial charge is 0.325 e. The zero-order valence-electron chi connectivity index (χ0n) is 10.1. The van der Waals surface area contributed by atoms with Gasteiger partial charge in [-0.15, -0.1) is 10.2 Å².